The molecule has 0 radical (unpaired) electrons. The van der Waals surface area contributed by atoms with E-state index in [1.165, 1.54) is 31.2 Å². The average molecular weight is 555 g/mol. The molecule has 0 spiro atoms. The molecule has 1 unspecified atom stereocenters. The molecule has 0 saturated carbocycles. The number of hydrogen-bond donors (Lipinski definition) is 2. The Labute approximate surface area is 207 Å². The summed E-state index contributed by atoms with van der Waals surface area (Å²) in [5, 5.41) is 18.9. The molecule has 0 aliphatic rings. The number of aliphatic hydroxyl groups excluding tert-OH is 1. The number of aliphatic hydroxyl groups is 1. The van der Waals surface area contributed by atoms with Gasteiger partial charge in [0.1, 0.15) is 5.75 Å². The number of ether oxygens (including phenoxy) is 1. The molecular weight excluding hydrogens is 528 g/mol. The van der Waals surface area contributed by atoms with Crippen LogP contribution in [0.3, 0.4) is 0 Å². The number of benzene rings is 2. The number of carboxylic acid groups (broad SMARTS) is 1. The number of hydrogen-bond acceptors (Lipinski definition) is 7. The summed E-state index contributed by atoms with van der Waals surface area (Å²) in [6.07, 6.45) is -0.657. The van der Waals surface area contributed by atoms with Gasteiger partial charge in [-0.2, -0.15) is 0 Å². The molecule has 0 amide bonds. The molecule has 8 nitrogen and oxygen atoms in total. The first-order valence-electron chi connectivity index (χ1n) is 10.7. The number of halogens is 1. The van der Waals surface area contributed by atoms with Gasteiger partial charge >= 0.3 is 5.97 Å². The van der Waals surface area contributed by atoms with Crippen molar-refractivity contribution in [1.29, 1.82) is 0 Å². The number of carbonyl (C=O) groups is 3. The molecular formula is C24H27BrO8S. The number of aliphatic carboxylic acids is 1. The Bertz CT molecular complexity index is 1160. The highest BCUT2D eigenvalue weighted by molar-refractivity contribution is 9.10. The molecule has 2 aromatic carbocycles. The summed E-state index contributed by atoms with van der Waals surface area (Å²) in [5.41, 5.74) is 1.10. The van der Waals surface area contributed by atoms with Gasteiger partial charge in [0.05, 0.1) is 34.3 Å². The zero-order valence-corrected chi connectivity index (χ0v) is 21.3. The third kappa shape index (κ3) is 7.48. The minimum absolute atomic E-state index is 0.0580. The van der Waals surface area contributed by atoms with Crippen molar-refractivity contribution in [3.63, 3.8) is 0 Å². The first-order chi connectivity index (χ1) is 16.0. The Morgan fingerprint density at radius 2 is 1.74 bits per heavy atom. The number of carboxylic acids is 1. The predicted octanol–water partition coefficient (Wildman–Crippen LogP) is 4.39. The molecule has 0 aliphatic carbocycles. The predicted molar refractivity (Wildman–Crippen MR) is 129 cm³/mol. The Kier molecular flexibility index (Phi) is 9.96. The second kappa shape index (κ2) is 12.2. The summed E-state index contributed by atoms with van der Waals surface area (Å²) in [4.78, 5) is 34.5. The molecule has 34 heavy (non-hydrogen) atoms. The van der Waals surface area contributed by atoms with Crippen LogP contribution in [-0.2, 0) is 14.6 Å². The Balaban J connectivity index is 2.01. The van der Waals surface area contributed by atoms with Crippen molar-refractivity contribution < 1.29 is 37.8 Å². The van der Waals surface area contributed by atoms with Crippen molar-refractivity contribution >= 4 is 43.3 Å². The van der Waals surface area contributed by atoms with E-state index in [0.29, 0.717) is 27.8 Å². The number of rotatable bonds is 13. The fourth-order valence-corrected chi connectivity index (χ4v) is 4.98. The molecule has 0 aliphatic heterocycles. The van der Waals surface area contributed by atoms with E-state index in [0.717, 1.165) is 0 Å². The van der Waals surface area contributed by atoms with E-state index in [4.69, 9.17) is 9.84 Å². The second-order valence-electron chi connectivity index (χ2n) is 7.71. The molecule has 0 bridgehead atoms. The van der Waals surface area contributed by atoms with Crippen LogP contribution < -0.4 is 4.74 Å². The van der Waals surface area contributed by atoms with Crippen molar-refractivity contribution in [2.45, 2.75) is 50.5 Å². The van der Waals surface area contributed by atoms with E-state index in [1.54, 1.807) is 19.1 Å². The number of ketones is 2. The number of carbonyl (C=O) groups excluding carboxylic acids is 2. The van der Waals surface area contributed by atoms with Crippen LogP contribution in [0, 0.1) is 0 Å². The van der Waals surface area contributed by atoms with E-state index in [1.807, 2.05) is 0 Å². The average Bonchev–Trinajstić information content (AvgIpc) is 2.80. The van der Waals surface area contributed by atoms with E-state index >= 15 is 0 Å². The van der Waals surface area contributed by atoms with E-state index in [-0.39, 0.29) is 53.6 Å². The van der Waals surface area contributed by atoms with Crippen LogP contribution in [0.25, 0.3) is 0 Å². The van der Waals surface area contributed by atoms with Gasteiger partial charge in [0.25, 0.3) is 0 Å². The molecule has 0 fully saturated rings. The monoisotopic (exact) mass is 554 g/mol. The third-order valence-corrected chi connectivity index (χ3v) is 7.58. The lowest BCUT2D eigenvalue weighted by Crippen LogP contribution is -2.12. The van der Waals surface area contributed by atoms with Crippen LogP contribution in [0.4, 0.5) is 0 Å². The van der Waals surface area contributed by atoms with E-state index < -0.39 is 21.9 Å². The molecule has 0 aromatic heterocycles. The summed E-state index contributed by atoms with van der Waals surface area (Å²) in [6, 6.07) is 8.59. The van der Waals surface area contributed by atoms with Crippen LogP contribution in [0.5, 0.6) is 5.75 Å². The summed E-state index contributed by atoms with van der Waals surface area (Å²) < 4.78 is 31.5. The van der Waals surface area contributed by atoms with Crippen LogP contribution >= 0.6 is 15.9 Å². The minimum atomic E-state index is -3.62. The topological polar surface area (TPSA) is 135 Å². The summed E-state index contributed by atoms with van der Waals surface area (Å²) in [5.74, 6) is -1.42. The van der Waals surface area contributed by atoms with Gasteiger partial charge in [-0.25, -0.2) is 8.42 Å². The fourth-order valence-electron chi connectivity index (χ4n) is 3.24. The lowest BCUT2D eigenvalue weighted by molar-refractivity contribution is -0.136. The van der Waals surface area contributed by atoms with E-state index in [2.05, 4.69) is 15.9 Å². The molecule has 184 valence electrons. The fraction of sp³-hybridized carbons (Fsp3) is 0.375. The molecule has 0 saturated heterocycles. The largest absolute Gasteiger partial charge is 0.492 e. The standard InChI is InChI=1S/C24H27BrO8S/c1-3-21(27)19-14-23(20(25)13-18(19)15(2)26)33-11-4-12-34(31,32)17-7-5-16(6-8-17)22(28)9-10-24(29)30/h5-8,13-14,21,27H,3-4,9-12H2,1-2H3,(H,29,30). The maximum atomic E-state index is 12.6. The lowest BCUT2D eigenvalue weighted by Gasteiger charge is -2.16. The molecule has 2 rings (SSSR count). The Morgan fingerprint density at radius 3 is 2.29 bits per heavy atom. The molecule has 0 heterocycles. The Hall–Kier alpha value is -2.56. The normalized spacial score (nSPS) is 12.2. The van der Waals surface area contributed by atoms with Gasteiger partial charge in [0, 0.05) is 17.5 Å². The van der Waals surface area contributed by atoms with Gasteiger partial charge < -0.3 is 14.9 Å². The summed E-state index contributed by atoms with van der Waals surface area (Å²) in [6.45, 7) is 3.29. The highest BCUT2D eigenvalue weighted by Crippen LogP contribution is 2.33. The van der Waals surface area contributed by atoms with Crippen molar-refractivity contribution in [2.75, 3.05) is 12.4 Å². The smallest absolute Gasteiger partial charge is 0.303 e. The minimum Gasteiger partial charge on any atom is -0.492 e. The molecule has 2 aromatic rings. The van der Waals surface area contributed by atoms with E-state index in [9.17, 15) is 27.9 Å². The van der Waals surface area contributed by atoms with Crippen molar-refractivity contribution in [3.8, 4) is 5.75 Å². The van der Waals surface area contributed by atoms with Gasteiger partial charge in [0.2, 0.25) is 0 Å². The highest BCUT2D eigenvalue weighted by Gasteiger charge is 2.19. The van der Waals surface area contributed by atoms with Crippen molar-refractivity contribution in [3.05, 3.63) is 57.6 Å². The third-order valence-electron chi connectivity index (χ3n) is 5.15. The lowest BCUT2D eigenvalue weighted by atomic mass is 9.98. The zero-order valence-electron chi connectivity index (χ0n) is 18.9. The van der Waals surface area contributed by atoms with Gasteiger partial charge in [0.15, 0.2) is 21.4 Å². The molecule has 2 N–H and O–H groups in total. The molecule has 1 atom stereocenters. The summed E-state index contributed by atoms with van der Waals surface area (Å²) in [7, 11) is -3.62. The zero-order chi connectivity index (χ0) is 25.5. The first kappa shape index (κ1) is 27.7. The van der Waals surface area contributed by atoms with Gasteiger partial charge in [-0.05, 0) is 65.5 Å². The van der Waals surface area contributed by atoms with Crippen LogP contribution in [0.2, 0.25) is 0 Å². The van der Waals surface area contributed by atoms with Crippen molar-refractivity contribution in [2.24, 2.45) is 0 Å². The Morgan fingerprint density at radius 1 is 1.09 bits per heavy atom. The quantitative estimate of drug-likeness (QED) is 0.275. The number of Topliss-reactive ketones (excluding diaryl/α,β-unsaturated/α-hetero) is 2. The molecule has 10 heteroatoms. The van der Waals surface area contributed by atoms with Crippen LogP contribution in [0.1, 0.15) is 71.9 Å². The highest BCUT2D eigenvalue weighted by atomic mass is 79.9. The maximum Gasteiger partial charge on any atom is 0.303 e. The van der Waals surface area contributed by atoms with Crippen LogP contribution in [-0.4, -0.2) is 48.5 Å². The van der Waals surface area contributed by atoms with Crippen LogP contribution in [0.15, 0.2) is 45.8 Å². The SMILES string of the molecule is CCC(O)c1cc(OCCCS(=O)(=O)c2ccc(C(=O)CCC(=O)O)cc2)c(Br)cc1C(C)=O. The van der Waals surface area contributed by atoms with Gasteiger partial charge in [-0.1, -0.05) is 19.1 Å². The second-order valence-corrected chi connectivity index (χ2v) is 10.7. The summed E-state index contributed by atoms with van der Waals surface area (Å²) >= 11 is 3.35. The van der Waals surface area contributed by atoms with Gasteiger partial charge in [-0.15, -0.1) is 0 Å². The maximum absolute atomic E-state index is 12.6. The first-order valence-corrected chi connectivity index (χ1v) is 13.1. The van der Waals surface area contributed by atoms with Gasteiger partial charge in [-0.3, -0.25) is 14.4 Å². The number of sulfone groups is 1. The van der Waals surface area contributed by atoms with Crippen molar-refractivity contribution in [1.82, 2.24) is 0 Å².